The van der Waals surface area contributed by atoms with E-state index >= 15 is 0 Å². The number of hydrogen-bond acceptors (Lipinski definition) is 7. The van der Waals surface area contributed by atoms with Crippen LogP contribution in [0, 0.1) is 10.1 Å². The van der Waals surface area contributed by atoms with E-state index in [4.69, 9.17) is 5.84 Å². The Morgan fingerprint density at radius 2 is 2.05 bits per heavy atom. The summed E-state index contributed by atoms with van der Waals surface area (Å²) in [5, 5.41) is 14.1. The number of hydrazine groups is 1. The second-order valence-electron chi connectivity index (χ2n) is 5.13. The standard InChI is InChI=1S/C11H16N4O4S/c1-11(5-6-20(18,19)7-11)13-8-3-2-4-9(14-12)10(8)15(16)17/h2-4,13-14H,5-7,12H2,1H3. The fourth-order valence-corrected chi connectivity index (χ4v) is 4.48. The van der Waals surface area contributed by atoms with Gasteiger partial charge in [0, 0.05) is 5.54 Å². The number of nitrogens with zero attached hydrogens (tertiary/aromatic N) is 1. The quantitative estimate of drug-likeness (QED) is 0.427. The summed E-state index contributed by atoms with van der Waals surface area (Å²) in [5.41, 5.74) is 1.79. The normalized spacial score (nSPS) is 24.3. The van der Waals surface area contributed by atoms with Crippen molar-refractivity contribution < 1.29 is 13.3 Å². The van der Waals surface area contributed by atoms with Gasteiger partial charge in [-0.15, -0.1) is 0 Å². The van der Waals surface area contributed by atoms with Crippen molar-refractivity contribution in [1.29, 1.82) is 0 Å². The fourth-order valence-electron chi connectivity index (χ4n) is 2.39. The number of anilines is 2. The lowest BCUT2D eigenvalue weighted by molar-refractivity contribution is -0.383. The molecule has 1 unspecified atom stereocenters. The maximum Gasteiger partial charge on any atom is 0.316 e. The van der Waals surface area contributed by atoms with Crippen molar-refractivity contribution in [1.82, 2.24) is 0 Å². The molecule has 1 aromatic carbocycles. The predicted molar refractivity (Wildman–Crippen MR) is 76.2 cm³/mol. The average molecular weight is 300 g/mol. The van der Waals surface area contributed by atoms with E-state index in [9.17, 15) is 18.5 Å². The minimum atomic E-state index is -3.10. The lowest BCUT2D eigenvalue weighted by atomic mass is 10.0. The molecule has 1 fully saturated rings. The maximum absolute atomic E-state index is 11.6. The van der Waals surface area contributed by atoms with E-state index in [-0.39, 0.29) is 28.6 Å². The lowest BCUT2D eigenvalue weighted by Crippen LogP contribution is -2.36. The molecular weight excluding hydrogens is 284 g/mol. The summed E-state index contributed by atoms with van der Waals surface area (Å²) in [6.45, 7) is 1.74. The van der Waals surface area contributed by atoms with Gasteiger partial charge in [-0.05, 0) is 25.5 Å². The summed E-state index contributed by atoms with van der Waals surface area (Å²) in [7, 11) is -3.10. The van der Waals surface area contributed by atoms with E-state index in [1.807, 2.05) is 0 Å². The number of benzene rings is 1. The zero-order chi connectivity index (χ0) is 15.0. The zero-order valence-corrected chi connectivity index (χ0v) is 11.7. The molecule has 0 amide bonds. The number of para-hydroxylation sites is 1. The Balaban J connectivity index is 2.37. The summed E-state index contributed by atoms with van der Waals surface area (Å²) in [5.74, 6) is 5.30. The van der Waals surface area contributed by atoms with Crippen molar-refractivity contribution in [2.75, 3.05) is 22.2 Å². The molecule has 9 heteroatoms. The highest BCUT2D eigenvalue weighted by Gasteiger charge is 2.39. The Labute approximate surface area is 116 Å². The van der Waals surface area contributed by atoms with E-state index in [1.54, 1.807) is 13.0 Å². The van der Waals surface area contributed by atoms with Gasteiger partial charge in [-0.1, -0.05) is 6.07 Å². The molecular formula is C11H16N4O4S. The number of nitrogens with two attached hydrogens (primary N) is 1. The molecule has 1 atom stereocenters. The largest absolute Gasteiger partial charge is 0.373 e. The summed E-state index contributed by atoms with van der Waals surface area (Å²) in [4.78, 5) is 10.6. The van der Waals surface area contributed by atoms with Crippen LogP contribution in [0.25, 0.3) is 0 Å². The number of nitro groups is 1. The van der Waals surface area contributed by atoms with E-state index < -0.39 is 20.3 Å². The van der Waals surface area contributed by atoms with Crippen LogP contribution < -0.4 is 16.6 Å². The number of nitrogens with one attached hydrogen (secondary N) is 2. The molecule has 0 radical (unpaired) electrons. The predicted octanol–water partition coefficient (Wildman–Crippen LogP) is 0.869. The van der Waals surface area contributed by atoms with Crippen LogP contribution in [-0.2, 0) is 9.84 Å². The Morgan fingerprint density at radius 3 is 2.55 bits per heavy atom. The molecule has 1 aliphatic heterocycles. The van der Waals surface area contributed by atoms with Crippen LogP contribution in [0.4, 0.5) is 17.1 Å². The fraction of sp³-hybridized carbons (Fsp3) is 0.455. The highest BCUT2D eigenvalue weighted by molar-refractivity contribution is 7.91. The molecule has 1 heterocycles. The Morgan fingerprint density at radius 1 is 1.40 bits per heavy atom. The second kappa shape index (κ2) is 4.91. The zero-order valence-electron chi connectivity index (χ0n) is 10.9. The molecule has 0 aliphatic carbocycles. The van der Waals surface area contributed by atoms with Crippen LogP contribution in [0.1, 0.15) is 13.3 Å². The summed E-state index contributed by atoms with van der Waals surface area (Å²) in [6.07, 6.45) is 0.409. The molecule has 110 valence electrons. The summed E-state index contributed by atoms with van der Waals surface area (Å²) >= 11 is 0. The highest BCUT2D eigenvalue weighted by Crippen LogP contribution is 2.36. The molecule has 0 saturated carbocycles. The van der Waals surface area contributed by atoms with Gasteiger partial charge in [-0.25, -0.2) is 8.42 Å². The molecule has 1 saturated heterocycles. The first kappa shape index (κ1) is 14.5. The second-order valence-corrected chi connectivity index (χ2v) is 7.31. The van der Waals surface area contributed by atoms with Crippen molar-refractivity contribution in [2.24, 2.45) is 5.84 Å². The number of nitrogen functional groups attached to an aromatic ring is 1. The SMILES string of the molecule is CC1(Nc2cccc(NN)c2[N+](=O)[O-])CCS(=O)(=O)C1. The van der Waals surface area contributed by atoms with E-state index in [1.165, 1.54) is 12.1 Å². The molecule has 1 aromatic rings. The third-order valence-electron chi connectivity index (χ3n) is 3.31. The van der Waals surface area contributed by atoms with Crippen LogP contribution in [0.15, 0.2) is 18.2 Å². The Kier molecular flexibility index (Phi) is 3.57. The van der Waals surface area contributed by atoms with Gasteiger partial charge in [0.2, 0.25) is 0 Å². The summed E-state index contributed by atoms with van der Waals surface area (Å²) in [6, 6.07) is 4.63. The van der Waals surface area contributed by atoms with Crippen LogP contribution in [-0.4, -0.2) is 30.4 Å². The van der Waals surface area contributed by atoms with E-state index in [0.717, 1.165) is 0 Å². The van der Waals surface area contributed by atoms with E-state index in [2.05, 4.69) is 10.7 Å². The first-order chi connectivity index (χ1) is 9.26. The Bertz CT molecular complexity index is 646. The van der Waals surface area contributed by atoms with E-state index in [0.29, 0.717) is 6.42 Å². The van der Waals surface area contributed by atoms with Gasteiger partial charge in [-0.2, -0.15) is 0 Å². The van der Waals surface area contributed by atoms with Crippen molar-refractivity contribution in [3.63, 3.8) is 0 Å². The topological polar surface area (TPSA) is 127 Å². The number of rotatable bonds is 4. The summed E-state index contributed by atoms with van der Waals surface area (Å²) < 4.78 is 23.1. The molecule has 2 rings (SSSR count). The van der Waals surface area contributed by atoms with Crippen LogP contribution in [0.5, 0.6) is 0 Å². The highest BCUT2D eigenvalue weighted by atomic mass is 32.2. The minimum absolute atomic E-state index is 0.0442. The van der Waals surface area contributed by atoms with Crippen LogP contribution >= 0.6 is 0 Å². The van der Waals surface area contributed by atoms with Gasteiger partial charge >= 0.3 is 5.69 Å². The van der Waals surface area contributed by atoms with Gasteiger partial charge in [0.05, 0.1) is 16.4 Å². The third kappa shape index (κ3) is 2.83. The number of hydrogen-bond donors (Lipinski definition) is 3. The van der Waals surface area contributed by atoms with Crippen molar-refractivity contribution in [3.8, 4) is 0 Å². The van der Waals surface area contributed by atoms with Gasteiger partial charge < -0.3 is 10.7 Å². The average Bonchev–Trinajstić information content (AvgIpc) is 2.62. The smallest absolute Gasteiger partial charge is 0.316 e. The molecule has 0 aromatic heterocycles. The van der Waals surface area contributed by atoms with Crippen molar-refractivity contribution in [3.05, 3.63) is 28.3 Å². The monoisotopic (exact) mass is 300 g/mol. The molecule has 0 spiro atoms. The molecule has 4 N–H and O–H groups in total. The Hall–Kier alpha value is -1.87. The molecule has 20 heavy (non-hydrogen) atoms. The third-order valence-corrected chi connectivity index (χ3v) is 5.22. The first-order valence-electron chi connectivity index (χ1n) is 5.99. The van der Waals surface area contributed by atoms with Gasteiger partial charge in [0.15, 0.2) is 9.84 Å². The van der Waals surface area contributed by atoms with Crippen molar-refractivity contribution in [2.45, 2.75) is 18.9 Å². The maximum atomic E-state index is 11.6. The lowest BCUT2D eigenvalue weighted by Gasteiger charge is -2.25. The van der Waals surface area contributed by atoms with Gasteiger partial charge in [0.1, 0.15) is 11.4 Å². The number of nitro benzene ring substituents is 1. The van der Waals surface area contributed by atoms with Crippen molar-refractivity contribution >= 4 is 26.9 Å². The van der Waals surface area contributed by atoms with Crippen LogP contribution in [0.2, 0.25) is 0 Å². The van der Waals surface area contributed by atoms with Crippen LogP contribution in [0.3, 0.4) is 0 Å². The van der Waals surface area contributed by atoms with Gasteiger partial charge in [0.25, 0.3) is 0 Å². The first-order valence-corrected chi connectivity index (χ1v) is 7.81. The minimum Gasteiger partial charge on any atom is -0.373 e. The molecule has 0 bridgehead atoms. The number of sulfone groups is 1. The van der Waals surface area contributed by atoms with Gasteiger partial charge in [-0.3, -0.25) is 16.0 Å². The molecule has 1 aliphatic rings. The molecule has 8 nitrogen and oxygen atoms in total.